The van der Waals surface area contributed by atoms with Gasteiger partial charge in [-0.1, -0.05) is 26.8 Å². The largest absolute Gasteiger partial charge is 0.410 e. The van der Waals surface area contributed by atoms with Crippen molar-refractivity contribution in [3.63, 3.8) is 0 Å². The Balaban J connectivity index is 2.34. The van der Waals surface area contributed by atoms with E-state index in [2.05, 4.69) is 67.5 Å². The predicted molar refractivity (Wildman–Crippen MR) is 104 cm³/mol. The first-order chi connectivity index (χ1) is 11.1. The minimum atomic E-state index is -1.81. The van der Waals surface area contributed by atoms with Crippen LogP contribution >= 0.6 is 0 Å². The van der Waals surface area contributed by atoms with Crippen molar-refractivity contribution in [2.45, 2.75) is 58.9 Å². The third-order valence-electron chi connectivity index (χ3n) is 4.88. The number of hydrogen-bond donors (Lipinski definition) is 0. The maximum atomic E-state index is 6.52. The van der Waals surface area contributed by atoms with Gasteiger partial charge in [0.25, 0.3) is 0 Å². The molecule has 2 rings (SSSR count). The first-order valence-electron chi connectivity index (χ1n) is 8.44. The van der Waals surface area contributed by atoms with Gasteiger partial charge in [0, 0.05) is 19.5 Å². The maximum absolute atomic E-state index is 6.52. The van der Waals surface area contributed by atoms with E-state index in [1.165, 1.54) is 0 Å². The standard InChI is InChI=1S/C18H30N4OSi/c1-9-20-21(6)17-12-19-16-11-10-15(13-22(16)17)14(2)23-24(7,8)18(3,4)5/h9-14H,1-8H3/b20-9-. The summed E-state index contributed by atoms with van der Waals surface area (Å²) in [5.41, 5.74) is 2.06. The molecular weight excluding hydrogens is 316 g/mol. The topological polar surface area (TPSA) is 42.1 Å². The summed E-state index contributed by atoms with van der Waals surface area (Å²) in [6.07, 6.45) is 5.76. The number of anilines is 1. The second-order valence-electron chi connectivity index (χ2n) is 7.72. The lowest BCUT2D eigenvalue weighted by molar-refractivity contribution is 0.202. The number of imidazole rings is 1. The van der Waals surface area contributed by atoms with Gasteiger partial charge in [0.1, 0.15) is 5.65 Å². The number of aromatic nitrogens is 2. The summed E-state index contributed by atoms with van der Waals surface area (Å²) in [4.78, 5) is 4.45. The van der Waals surface area contributed by atoms with Crippen LogP contribution in [0.1, 0.15) is 46.3 Å². The molecule has 24 heavy (non-hydrogen) atoms. The van der Waals surface area contributed by atoms with Crippen LogP contribution in [0.25, 0.3) is 5.65 Å². The van der Waals surface area contributed by atoms with Crippen LogP contribution in [0.5, 0.6) is 0 Å². The average molecular weight is 347 g/mol. The second-order valence-corrected chi connectivity index (χ2v) is 12.5. The highest BCUT2D eigenvalue weighted by atomic mass is 28.4. The van der Waals surface area contributed by atoms with E-state index in [0.29, 0.717) is 0 Å². The van der Waals surface area contributed by atoms with Crippen LogP contribution in [0, 0.1) is 0 Å². The van der Waals surface area contributed by atoms with Crippen LogP contribution in [-0.2, 0) is 4.43 Å². The minimum absolute atomic E-state index is 0.0468. The highest BCUT2D eigenvalue weighted by molar-refractivity contribution is 6.74. The lowest BCUT2D eigenvalue weighted by Crippen LogP contribution is -2.41. The zero-order chi connectivity index (χ0) is 18.1. The zero-order valence-corrected chi connectivity index (χ0v) is 17.2. The van der Waals surface area contributed by atoms with Crippen molar-refractivity contribution in [3.05, 3.63) is 30.1 Å². The van der Waals surface area contributed by atoms with Crippen LogP contribution in [0.2, 0.25) is 18.1 Å². The van der Waals surface area contributed by atoms with Gasteiger partial charge in [-0.05, 0) is 43.6 Å². The van der Waals surface area contributed by atoms with E-state index in [1.54, 1.807) is 6.21 Å². The molecule has 0 spiro atoms. The maximum Gasteiger partial charge on any atom is 0.192 e. The highest BCUT2D eigenvalue weighted by Gasteiger charge is 2.38. The Hall–Kier alpha value is -1.66. The Morgan fingerprint density at radius 2 is 2.00 bits per heavy atom. The third kappa shape index (κ3) is 3.70. The summed E-state index contributed by atoms with van der Waals surface area (Å²) in [7, 11) is 0.113. The smallest absolute Gasteiger partial charge is 0.192 e. The Labute approximate surface area is 146 Å². The summed E-state index contributed by atoms with van der Waals surface area (Å²) in [6.45, 7) is 15.4. The van der Waals surface area contributed by atoms with Crippen LogP contribution in [0.3, 0.4) is 0 Å². The van der Waals surface area contributed by atoms with Crippen molar-refractivity contribution in [2.24, 2.45) is 5.10 Å². The van der Waals surface area contributed by atoms with E-state index in [0.717, 1.165) is 17.0 Å². The van der Waals surface area contributed by atoms with Crippen LogP contribution in [-0.4, -0.2) is 31.0 Å². The number of rotatable bonds is 5. The lowest BCUT2D eigenvalue weighted by atomic mass is 10.2. The molecule has 2 aromatic rings. The summed E-state index contributed by atoms with van der Waals surface area (Å²) in [5, 5.41) is 6.33. The quantitative estimate of drug-likeness (QED) is 0.441. The van der Waals surface area contributed by atoms with Gasteiger partial charge in [-0.2, -0.15) is 5.10 Å². The van der Waals surface area contributed by atoms with Crippen LogP contribution in [0.15, 0.2) is 29.6 Å². The monoisotopic (exact) mass is 346 g/mol. The van der Waals surface area contributed by atoms with E-state index in [1.807, 2.05) is 31.2 Å². The second kappa shape index (κ2) is 6.68. The highest BCUT2D eigenvalue weighted by Crippen LogP contribution is 2.39. The molecule has 6 heteroatoms. The predicted octanol–water partition coefficient (Wildman–Crippen LogP) is 4.86. The van der Waals surface area contributed by atoms with Gasteiger partial charge in [0.15, 0.2) is 14.1 Å². The fourth-order valence-corrected chi connectivity index (χ4v) is 3.76. The van der Waals surface area contributed by atoms with E-state index < -0.39 is 8.32 Å². The molecule has 0 aromatic carbocycles. The summed E-state index contributed by atoms with van der Waals surface area (Å²) in [6, 6.07) is 4.14. The molecule has 0 fully saturated rings. The zero-order valence-electron chi connectivity index (χ0n) is 16.2. The van der Waals surface area contributed by atoms with Crippen LogP contribution in [0.4, 0.5) is 5.82 Å². The number of hydrogen-bond acceptors (Lipinski definition) is 4. The summed E-state index contributed by atoms with van der Waals surface area (Å²) >= 11 is 0. The van der Waals surface area contributed by atoms with Gasteiger partial charge in [-0.3, -0.25) is 9.41 Å². The number of hydrazone groups is 1. The van der Waals surface area contributed by atoms with Gasteiger partial charge in [0.05, 0.1) is 12.3 Å². The molecule has 0 aliphatic carbocycles. The first kappa shape index (κ1) is 18.7. The van der Waals surface area contributed by atoms with Crippen molar-refractivity contribution in [3.8, 4) is 0 Å². The molecule has 2 aromatic heterocycles. The fraction of sp³-hybridized carbons (Fsp3) is 0.556. The van der Waals surface area contributed by atoms with Crippen molar-refractivity contribution in [1.29, 1.82) is 0 Å². The Morgan fingerprint density at radius 3 is 2.58 bits per heavy atom. The number of pyridine rings is 1. The lowest BCUT2D eigenvalue weighted by Gasteiger charge is -2.38. The molecule has 0 bridgehead atoms. The first-order valence-corrected chi connectivity index (χ1v) is 11.3. The molecule has 1 unspecified atom stereocenters. The molecule has 132 valence electrons. The van der Waals surface area contributed by atoms with Gasteiger partial charge in [-0.15, -0.1) is 0 Å². The van der Waals surface area contributed by atoms with Crippen molar-refractivity contribution < 1.29 is 4.43 Å². The molecule has 0 N–H and O–H groups in total. The van der Waals surface area contributed by atoms with Crippen molar-refractivity contribution in [1.82, 2.24) is 9.38 Å². The molecular formula is C18H30N4OSi. The molecule has 0 aliphatic rings. The minimum Gasteiger partial charge on any atom is -0.410 e. The summed E-state index contributed by atoms with van der Waals surface area (Å²) < 4.78 is 8.59. The van der Waals surface area contributed by atoms with Gasteiger partial charge < -0.3 is 4.43 Å². The molecule has 2 heterocycles. The fourth-order valence-electron chi connectivity index (χ4n) is 2.38. The van der Waals surface area contributed by atoms with E-state index in [-0.39, 0.29) is 11.1 Å². The van der Waals surface area contributed by atoms with E-state index in [4.69, 9.17) is 4.43 Å². The average Bonchev–Trinajstić information content (AvgIpc) is 2.88. The molecule has 0 radical (unpaired) electrons. The van der Waals surface area contributed by atoms with Gasteiger partial charge in [0.2, 0.25) is 0 Å². The number of fused-ring (bicyclic) bond motifs is 1. The SMILES string of the molecule is C/C=N\N(C)c1cnc2ccc(C(C)O[Si](C)(C)C(C)(C)C)cn12. The van der Waals surface area contributed by atoms with Crippen LogP contribution < -0.4 is 5.01 Å². The normalized spacial score (nSPS) is 14.5. The number of nitrogens with zero attached hydrogens (tertiary/aromatic N) is 4. The molecule has 0 saturated carbocycles. The van der Waals surface area contributed by atoms with E-state index in [9.17, 15) is 0 Å². The Kier molecular flexibility index (Phi) is 5.20. The van der Waals surface area contributed by atoms with Gasteiger partial charge in [-0.25, -0.2) is 4.98 Å². The van der Waals surface area contributed by atoms with Crippen molar-refractivity contribution >= 4 is 26.0 Å². The Morgan fingerprint density at radius 1 is 1.33 bits per heavy atom. The van der Waals surface area contributed by atoms with Crippen molar-refractivity contribution in [2.75, 3.05) is 12.1 Å². The molecule has 0 saturated heterocycles. The molecule has 0 amide bonds. The molecule has 1 atom stereocenters. The molecule has 0 aliphatic heterocycles. The third-order valence-corrected chi connectivity index (χ3v) is 9.43. The molecule has 5 nitrogen and oxygen atoms in total. The Bertz CT molecular complexity index is 730. The van der Waals surface area contributed by atoms with Gasteiger partial charge >= 0.3 is 0 Å². The summed E-state index contributed by atoms with van der Waals surface area (Å²) in [5.74, 6) is 0.935. The van der Waals surface area contributed by atoms with E-state index >= 15 is 0 Å².